The fourth-order valence-electron chi connectivity index (χ4n) is 2.40. The van der Waals surface area contributed by atoms with E-state index in [0.29, 0.717) is 12.8 Å². The van der Waals surface area contributed by atoms with Gasteiger partial charge in [0.25, 0.3) is 0 Å². The van der Waals surface area contributed by atoms with Gasteiger partial charge in [-0.3, -0.25) is 4.79 Å². The molecule has 2 N–H and O–H groups in total. The van der Waals surface area contributed by atoms with E-state index in [1.807, 2.05) is 20.8 Å². The molecule has 0 bridgehead atoms. The van der Waals surface area contributed by atoms with Gasteiger partial charge in [-0.1, -0.05) is 20.8 Å². The second kappa shape index (κ2) is 6.22. The first-order valence-corrected chi connectivity index (χ1v) is 8.57. The predicted molar refractivity (Wildman–Crippen MR) is 74.5 cm³/mol. The van der Waals surface area contributed by atoms with Crippen LogP contribution in [0.5, 0.6) is 0 Å². The van der Waals surface area contributed by atoms with Gasteiger partial charge in [0.2, 0.25) is 5.91 Å². The fourth-order valence-corrected chi connectivity index (χ4v) is 4.26. The normalized spacial score (nSPS) is 24.1. The Morgan fingerprint density at radius 3 is 2.47 bits per heavy atom. The maximum absolute atomic E-state index is 12.0. The van der Waals surface area contributed by atoms with Gasteiger partial charge in [-0.05, 0) is 24.2 Å². The molecule has 0 aliphatic carbocycles. The lowest BCUT2D eigenvalue weighted by molar-refractivity contribution is -0.123. The number of aliphatic hydroxyl groups excluding tert-OH is 1. The summed E-state index contributed by atoms with van der Waals surface area (Å²) in [5.74, 6) is 0.153. The molecule has 1 saturated heterocycles. The molecular weight excluding hydrogens is 266 g/mol. The summed E-state index contributed by atoms with van der Waals surface area (Å²) in [6, 6.07) is -0.0944. The van der Waals surface area contributed by atoms with Gasteiger partial charge in [0, 0.05) is 19.1 Å². The Hall–Kier alpha value is -0.620. The van der Waals surface area contributed by atoms with Gasteiger partial charge in [-0.25, -0.2) is 8.42 Å². The summed E-state index contributed by atoms with van der Waals surface area (Å²) in [6.45, 7) is 6.05. The van der Waals surface area contributed by atoms with Gasteiger partial charge in [0.05, 0.1) is 11.5 Å². The van der Waals surface area contributed by atoms with E-state index in [0.717, 1.165) is 0 Å². The van der Waals surface area contributed by atoms with E-state index in [2.05, 4.69) is 5.32 Å². The summed E-state index contributed by atoms with van der Waals surface area (Å²) in [7, 11) is -2.93. The summed E-state index contributed by atoms with van der Waals surface area (Å²) in [5.41, 5.74) is -0.125. The zero-order chi connectivity index (χ0) is 14.7. The molecule has 2 unspecified atom stereocenters. The van der Waals surface area contributed by atoms with Crippen LogP contribution in [-0.4, -0.2) is 43.6 Å². The molecule has 1 amide bonds. The largest absolute Gasteiger partial charge is 0.396 e. The lowest BCUT2D eigenvalue weighted by Gasteiger charge is -2.31. The van der Waals surface area contributed by atoms with Crippen molar-refractivity contribution in [2.75, 3.05) is 18.1 Å². The number of nitrogens with one attached hydrogen (secondary N) is 1. The quantitative estimate of drug-likeness (QED) is 0.782. The van der Waals surface area contributed by atoms with Crippen molar-refractivity contribution in [3.63, 3.8) is 0 Å². The van der Waals surface area contributed by atoms with E-state index in [-0.39, 0.29) is 47.8 Å². The highest BCUT2D eigenvalue weighted by Gasteiger charge is 2.31. The maximum Gasteiger partial charge on any atom is 0.220 e. The maximum atomic E-state index is 12.0. The van der Waals surface area contributed by atoms with Crippen molar-refractivity contribution in [1.29, 1.82) is 0 Å². The summed E-state index contributed by atoms with van der Waals surface area (Å²) < 4.78 is 22.7. The first kappa shape index (κ1) is 16.4. The minimum Gasteiger partial charge on any atom is -0.396 e. The third-order valence-corrected chi connectivity index (χ3v) is 5.44. The SMILES string of the molecule is CC(C)(C)C(CCO)NC(=O)CC1CCS(=O)(=O)C1. The van der Waals surface area contributed by atoms with Gasteiger partial charge < -0.3 is 10.4 Å². The van der Waals surface area contributed by atoms with Gasteiger partial charge >= 0.3 is 0 Å². The van der Waals surface area contributed by atoms with Crippen molar-refractivity contribution in [3.05, 3.63) is 0 Å². The molecule has 0 aromatic carbocycles. The number of aliphatic hydroxyl groups is 1. The van der Waals surface area contributed by atoms with Crippen LogP contribution in [0.1, 0.15) is 40.0 Å². The Balaban J connectivity index is 2.50. The lowest BCUT2D eigenvalue weighted by atomic mass is 9.84. The highest BCUT2D eigenvalue weighted by molar-refractivity contribution is 7.91. The average Bonchev–Trinajstić information content (AvgIpc) is 2.56. The molecule has 0 spiro atoms. The Labute approximate surface area is 115 Å². The Bertz CT molecular complexity index is 411. The van der Waals surface area contributed by atoms with E-state index in [9.17, 15) is 13.2 Å². The third kappa shape index (κ3) is 5.48. The zero-order valence-electron chi connectivity index (χ0n) is 12.0. The molecule has 2 atom stereocenters. The molecular formula is C13H25NO4S. The molecule has 1 aliphatic heterocycles. The Kier molecular flexibility index (Phi) is 5.38. The number of sulfone groups is 1. The second-order valence-electron chi connectivity index (χ2n) is 6.47. The molecule has 112 valence electrons. The number of rotatable bonds is 5. The molecule has 1 rings (SSSR count). The molecule has 6 heteroatoms. The van der Waals surface area contributed by atoms with E-state index >= 15 is 0 Å². The van der Waals surface area contributed by atoms with Crippen molar-refractivity contribution < 1.29 is 18.3 Å². The van der Waals surface area contributed by atoms with E-state index < -0.39 is 9.84 Å². The molecule has 1 aliphatic rings. The predicted octanol–water partition coefficient (Wildman–Crippen LogP) is 0.725. The topological polar surface area (TPSA) is 83.5 Å². The molecule has 19 heavy (non-hydrogen) atoms. The molecule has 0 aromatic heterocycles. The van der Waals surface area contributed by atoms with Crippen LogP contribution in [0.3, 0.4) is 0 Å². The van der Waals surface area contributed by atoms with Crippen LogP contribution >= 0.6 is 0 Å². The van der Waals surface area contributed by atoms with Gasteiger partial charge in [0.1, 0.15) is 0 Å². The summed E-state index contributed by atoms with van der Waals surface area (Å²) in [4.78, 5) is 12.0. The zero-order valence-corrected chi connectivity index (χ0v) is 12.8. The lowest BCUT2D eigenvalue weighted by Crippen LogP contribution is -2.44. The van der Waals surface area contributed by atoms with E-state index in [4.69, 9.17) is 5.11 Å². The molecule has 0 radical (unpaired) electrons. The standard InChI is InChI=1S/C13H25NO4S/c1-13(2,3)11(4-6-15)14-12(16)8-10-5-7-19(17,18)9-10/h10-11,15H,4-9H2,1-3H3,(H,14,16). The summed E-state index contributed by atoms with van der Waals surface area (Å²) in [6.07, 6.45) is 1.35. The van der Waals surface area contributed by atoms with Crippen molar-refractivity contribution in [2.45, 2.75) is 46.1 Å². The molecule has 1 fully saturated rings. The number of carbonyl (C=O) groups is 1. The van der Waals surface area contributed by atoms with Crippen LogP contribution in [0.25, 0.3) is 0 Å². The number of hydrogen-bond donors (Lipinski definition) is 2. The Morgan fingerprint density at radius 1 is 1.42 bits per heavy atom. The van der Waals surface area contributed by atoms with Crippen LogP contribution in [-0.2, 0) is 14.6 Å². The first-order chi connectivity index (χ1) is 8.64. The van der Waals surface area contributed by atoms with Crippen LogP contribution in [0.4, 0.5) is 0 Å². The number of amides is 1. The highest BCUT2D eigenvalue weighted by atomic mass is 32.2. The molecule has 0 saturated carbocycles. The van der Waals surface area contributed by atoms with Crippen molar-refractivity contribution >= 4 is 15.7 Å². The number of carbonyl (C=O) groups excluding carboxylic acids is 1. The molecule has 5 nitrogen and oxygen atoms in total. The first-order valence-electron chi connectivity index (χ1n) is 6.74. The van der Waals surface area contributed by atoms with Gasteiger partial charge in [-0.15, -0.1) is 0 Å². The molecule has 1 heterocycles. The van der Waals surface area contributed by atoms with Crippen molar-refractivity contribution in [1.82, 2.24) is 5.32 Å². The summed E-state index contributed by atoms with van der Waals surface area (Å²) >= 11 is 0. The minimum atomic E-state index is -2.93. The van der Waals surface area contributed by atoms with Gasteiger partial charge in [-0.2, -0.15) is 0 Å². The van der Waals surface area contributed by atoms with E-state index in [1.54, 1.807) is 0 Å². The third-order valence-electron chi connectivity index (χ3n) is 3.60. The molecule has 0 aromatic rings. The Morgan fingerprint density at radius 2 is 2.05 bits per heavy atom. The highest BCUT2D eigenvalue weighted by Crippen LogP contribution is 2.24. The van der Waals surface area contributed by atoms with Crippen molar-refractivity contribution in [3.8, 4) is 0 Å². The average molecular weight is 291 g/mol. The van der Waals surface area contributed by atoms with Crippen LogP contribution in [0, 0.1) is 11.3 Å². The van der Waals surface area contributed by atoms with Crippen molar-refractivity contribution in [2.24, 2.45) is 11.3 Å². The second-order valence-corrected chi connectivity index (χ2v) is 8.70. The fraction of sp³-hybridized carbons (Fsp3) is 0.923. The van der Waals surface area contributed by atoms with Crippen LogP contribution in [0.2, 0.25) is 0 Å². The van der Waals surface area contributed by atoms with Gasteiger partial charge in [0.15, 0.2) is 9.84 Å². The van der Waals surface area contributed by atoms with Crippen LogP contribution < -0.4 is 5.32 Å². The monoisotopic (exact) mass is 291 g/mol. The van der Waals surface area contributed by atoms with E-state index in [1.165, 1.54) is 0 Å². The number of hydrogen-bond acceptors (Lipinski definition) is 4. The van der Waals surface area contributed by atoms with Crippen LogP contribution in [0.15, 0.2) is 0 Å². The minimum absolute atomic E-state index is 0.0278. The smallest absolute Gasteiger partial charge is 0.220 e. The summed E-state index contributed by atoms with van der Waals surface area (Å²) in [5, 5.41) is 12.0.